The molecule has 1 atom stereocenters. The van der Waals surface area contributed by atoms with E-state index in [9.17, 15) is 5.11 Å². The Morgan fingerprint density at radius 1 is 1.50 bits per heavy atom. The van der Waals surface area contributed by atoms with Crippen LogP contribution in [0.4, 0.5) is 5.82 Å². The molecule has 86 valence electrons. The molecule has 0 aliphatic carbocycles. The number of aliphatic hydroxyl groups excluding tert-OH is 1. The molecular formula is C12H17N3O. The van der Waals surface area contributed by atoms with Crippen LogP contribution >= 0.6 is 0 Å². The third-order valence-electron chi connectivity index (χ3n) is 2.37. The van der Waals surface area contributed by atoms with Crippen LogP contribution in [0.1, 0.15) is 26.3 Å². The minimum atomic E-state index is -0.440. The van der Waals surface area contributed by atoms with Crippen LogP contribution < -0.4 is 5.32 Å². The summed E-state index contributed by atoms with van der Waals surface area (Å²) >= 11 is 0. The Kier molecular flexibility index (Phi) is 3.86. The zero-order valence-corrected chi connectivity index (χ0v) is 9.86. The average molecular weight is 219 g/mol. The fourth-order valence-corrected chi connectivity index (χ4v) is 1.07. The normalized spacial score (nSPS) is 12.9. The Balaban J connectivity index is 2.53. The molecule has 1 aromatic heterocycles. The van der Waals surface area contributed by atoms with Crippen molar-refractivity contribution in [2.45, 2.75) is 26.9 Å². The summed E-state index contributed by atoms with van der Waals surface area (Å²) in [5.74, 6) is 0.669. The van der Waals surface area contributed by atoms with E-state index in [1.165, 1.54) is 6.20 Å². The van der Waals surface area contributed by atoms with Crippen LogP contribution in [0.3, 0.4) is 0 Å². The molecule has 0 bridgehead atoms. The quantitative estimate of drug-likeness (QED) is 0.813. The molecule has 0 spiro atoms. The first-order valence-corrected chi connectivity index (χ1v) is 5.21. The van der Waals surface area contributed by atoms with E-state index in [1.807, 2.05) is 26.8 Å². The van der Waals surface area contributed by atoms with Crippen molar-refractivity contribution in [2.75, 3.05) is 11.9 Å². The van der Waals surface area contributed by atoms with Crippen molar-refractivity contribution in [3.63, 3.8) is 0 Å². The summed E-state index contributed by atoms with van der Waals surface area (Å²) in [5.41, 5.74) is 0.376. The predicted molar refractivity (Wildman–Crippen MR) is 62.9 cm³/mol. The number of hydrogen-bond donors (Lipinski definition) is 2. The van der Waals surface area contributed by atoms with E-state index >= 15 is 0 Å². The second-order valence-corrected chi connectivity index (χ2v) is 4.81. The average Bonchev–Trinajstić information content (AvgIpc) is 2.25. The van der Waals surface area contributed by atoms with E-state index in [2.05, 4.69) is 10.3 Å². The molecule has 0 aliphatic rings. The molecule has 0 aromatic carbocycles. The number of nitriles is 1. The van der Waals surface area contributed by atoms with Gasteiger partial charge in [0.15, 0.2) is 0 Å². The van der Waals surface area contributed by atoms with Gasteiger partial charge in [-0.3, -0.25) is 0 Å². The van der Waals surface area contributed by atoms with Crippen LogP contribution in [0.2, 0.25) is 0 Å². The summed E-state index contributed by atoms with van der Waals surface area (Å²) in [6.45, 7) is 6.38. The van der Waals surface area contributed by atoms with Gasteiger partial charge < -0.3 is 10.4 Å². The van der Waals surface area contributed by atoms with Gasteiger partial charge in [-0.15, -0.1) is 0 Å². The van der Waals surface area contributed by atoms with Crippen LogP contribution in [-0.4, -0.2) is 22.7 Å². The van der Waals surface area contributed by atoms with Crippen molar-refractivity contribution >= 4 is 5.82 Å². The molecule has 0 unspecified atom stereocenters. The van der Waals surface area contributed by atoms with E-state index in [1.54, 1.807) is 12.1 Å². The molecule has 0 amide bonds. The summed E-state index contributed by atoms with van der Waals surface area (Å²) in [4.78, 5) is 4.06. The van der Waals surface area contributed by atoms with Crippen molar-refractivity contribution in [2.24, 2.45) is 5.41 Å². The third kappa shape index (κ3) is 3.52. The van der Waals surface area contributed by atoms with Crippen molar-refractivity contribution in [1.29, 1.82) is 5.26 Å². The Labute approximate surface area is 95.9 Å². The number of aliphatic hydroxyl groups is 1. The zero-order valence-electron chi connectivity index (χ0n) is 9.86. The lowest BCUT2D eigenvalue weighted by Gasteiger charge is -2.26. The molecule has 0 saturated heterocycles. The van der Waals surface area contributed by atoms with Crippen LogP contribution in [0.25, 0.3) is 0 Å². The van der Waals surface area contributed by atoms with Gasteiger partial charge >= 0.3 is 0 Å². The number of nitrogens with one attached hydrogen (secondary N) is 1. The van der Waals surface area contributed by atoms with Crippen molar-refractivity contribution in [3.8, 4) is 6.07 Å². The standard InChI is InChI=1S/C12H17N3O/c1-12(2,3)10(16)8-15-11-5-4-9(6-13)7-14-11/h4-5,7,10,16H,8H2,1-3H3,(H,14,15)/t10-/m0/s1. The lowest BCUT2D eigenvalue weighted by Crippen LogP contribution is -2.33. The predicted octanol–water partition coefficient (Wildman–Crippen LogP) is 1.77. The number of rotatable bonds is 3. The second-order valence-electron chi connectivity index (χ2n) is 4.81. The second kappa shape index (κ2) is 4.95. The maximum absolute atomic E-state index is 9.81. The zero-order chi connectivity index (χ0) is 12.2. The summed E-state index contributed by atoms with van der Waals surface area (Å²) in [6, 6.07) is 5.43. The van der Waals surface area contributed by atoms with Gasteiger partial charge in [0, 0.05) is 12.7 Å². The molecule has 0 saturated carbocycles. The number of hydrogen-bond acceptors (Lipinski definition) is 4. The number of nitrogens with zero attached hydrogens (tertiary/aromatic N) is 2. The van der Waals surface area contributed by atoms with E-state index in [0.29, 0.717) is 17.9 Å². The number of pyridine rings is 1. The maximum Gasteiger partial charge on any atom is 0.126 e. The summed E-state index contributed by atoms with van der Waals surface area (Å²) < 4.78 is 0. The summed E-state index contributed by atoms with van der Waals surface area (Å²) in [5, 5.41) is 21.4. The lowest BCUT2D eigenvalue weighted by molar-refractivity contribution is 0.0745. The number of aromatic nitrogens is 1. The minimum absolute atomic E-state index is 0.153. The molecule has 2 N–H and O–H groups in total. The third-order valence-corrected chi connectivity index (χ3v) is 2.37. The van der Waals surface area contributed by atoms with E-state index in [0.717, 1.165) is 0 Å². The van der Waals surface area contributed by atoms with Crippen LogP contribution in [0.15, 0.2) is 18.3 Å². The molecule has 1 aromatic rings. The summed E-state index contributed by atoms with van der Waals surface area (Å²) in [6.07, 6.45) is 1.07. The van der Waals surface area contributed by atoms with E-state index < -0.39 is 6.10 Å². The van der Waals surface area contributed by atoms with Gasteiger partial charge in [-0.25, -0.2) is 4.98 Å². The fourth-order valence-electron chi connectivity index (χ4n) is 1.07. The SMILES string of the molecule is CC(C)(C)[C@@H](O)CNc1ccc(C#N)cn1. The molecule has 16 heavy (non-hydrogen) atoms. The highest BCUT2D eigenvalue weighted by Gasteiger charge is 2.21. The van der Waals surface area contributed by atoms with Crippen LogP contribution in [0.5, 0.6) is 0 Å². The topological polar surface area (TPSA) is 68.9 Å². The van der Waals surface area contributed by atoms with E-state index in [4.69, 9.17) is 5.26 Å². The maximum atomic E-state index is 9.81. The fraction of sp³-hybridized carbons (Fsp3) is 0.500. The largest absolute Gasteiger partial charge is 0.391 e. The van der Waals surface area contributed by atoms with Gasteiger partial charge in [-0.05, 0) is 17.5 Å². The lowest BCUT2D eigenvalue weighted by atomic mass is 9.89. The van der Waals surface area contributed by atoms with E-state index in [-0.39, 0.29) is 5.41 Å². The number of anilines is 1. The highest BCUT2D eigenvalue weighted by molar-refractivity contribution is 5.38. The first-order valence-electron chi connectivity index (χ1n) is 5.21. The van der Waals surface area contributed by atoms with Crippen molar-refractivity contribution in [3.05, 3.63) is 23.9 Å². The van der Waals surface area contributed by atoms with Gasteiger partial charge in [0.2, 0.25) is 0 Å². The van der Waals surface area contributed by atoms with Gasteiger partial charge in [0.1, 0.15) is 11.9 Å². The Morgan fingerprint density at radius 3 is 2.62 bits per heavy atom. The molecule has 4 nitrogen and oxygen atoms in total. The molecule has 0 aliphatic heterocycles. The van der Waals surface area contributed by atoms with Gasteiger partial charge in [0.25, 0.3) is 0 Å². The van der Waals surface area contributed by atoms with Gasteiger partial charge in [-0.1, -0.05) is 20.8 Å². The first kappa shape index (κ1) is 12.5. The smallest absolute Gasteiger partial charge is 0.126 e. The Bertz CT molecular complexity index is 373. The van der Waals surface area contributed by atoms with Crippen molar-refractivity contribution < 1.29 is 5.11 Å². The minimum Gasteiger partial charge on any atom is -0.391 e. The molecular weight excluding hydrogens is 202 g/mol. The monoisotopic (exact) mass is 219 g/mol. The first-order chi connectivity index (χ1) is 7.43. The highest BCUT2D eigenvalue weighted by atomic mass is 16.3. The highest BCUT2D eigenvalue weighted by Crippen LogP contribution is 2.19. The molecule has 0 radical (unpaired) electrons. The molecule has 1 rings (SSSR count). The van der Waals surface area contributed by atoms with Gasteiger partial charge in [0.05, 0.1) is 11.7 Å². The van der Waals surface area contributed by atoms with Crippen LogP contribution in [-0.2, 0) is 0 Å². The Hall–Kier alpha value is -1.60. The van der Waals surface area contributed by atoms with Crippen LogP contribution in [0, 0.1) is 16.7 Å². The van der Waals surface area contributed by atoms with Gasteiger partial charge in [-0.2, -0.15) is 5.26 Å². The van der Waals surface area contributed by atoms with Crippen molar-refractivity contribution in [1.82, 2.24) is 4.98 Å². The molecule has 4 heteroatoms. The summed E-state index contributed by atoms with van der Waals surface area (Å²) in [7, 11) is 0. The molecule has 0 fully saturated rings. The molecule has 1 heterocycles. The Morgan fingerprint density at radius 2 is 2.19 bits per heavy atom.